The van der Waals surface area contributed by atoms with Crippen molar-refractivity contribution in [2.45, 2.75) is 12.2 Å². The van der Waals surface area contributed by atoms with Crippen molar-refractivity contribution in [3.8, 4) is 0 Å². The number of ether oxygens (including phenoxy) is 3. The molecule has 0 aromatic rings. The van der Waals surface area contributed by atoms with E-state index in [1.54, 1.807) is 0 Å². The largest absolute Gasteiger partial charge is 0.376 e. The molecule has 2 saturated heterocycles. The van der Waals surface area contributed by atoms with Gasteiger partial charge in [0.15, 0.2) is 0 Å². The number of carbonyl (C=O) groups excluding carboxylic acids is 2. The highest BCUT2D eigenvalue weighted by molar-refractivity contribution is 5.69. The Bertz CT molecular complexity index is 166. The van der Waals surface area contributed by atoms with Crippen LogP contribution in [-0.2, 0) is 19.0 Å². The van der Waals surface area contributed by atoms with E-state index >= 15 is 0 Å². The van der Waals surface area contributed by atoms with E-state index in [4.69, 9.17) is 23.8 Å². The molecular weight excluding hydrogens is 204 g/mol. The lowest BCUT2D eigenvalue weighted by atomic mass is 10.5. The Kier molecular flexibility index (Phi) is 7.51. The molecule has 2 amide bonds. The minimum absolute atomic E-state index is 0.392. The summed E-state index contributed by atoms with van der Waals surface area (Å²) >= 11 is 0. The van der Waals surface area contributed by atoms with Crippen LogP contribution in [0.5, 0.6) is 0 Å². The number of carbonyl (C=O) groups is 2. The minimum atomic E-state index is -0.833. The molecule has 0 aromatic heterocycles. The van der Waals surface area contributed by atoms with Crippen LogP contribution in [0.15, 0.2) is 0 Å². The van der Waals surface area contributed by atoms with Crippen molar-refractivity contribution in [3.05, 3.63) is 0 Å². The minimum Gasteiger partial charge on any atom is -0.376 e. The summed E-state index contributed by atoms with van der Waals surface area (Å²) in [5.74, 6) is 0. The van der Waals surface area contributed by atoms with Crippen molar-refractivity contribution in [1.29, 1.82) is 0 Å². The van der Waals surface area contributed by atoms with Crippen LogP contribution in [-0.4, -0.2) is 51.5 Å². The van der Waals surface area contributed by atoms with E-state index < -0.39 is 6.03 Å². The fourth-order valence-electron chi connectivity index (χ4n) is 0.659. The first kappa shape index (κ1) is 13.8. The molecule has 0 radical (unpaired) electrons. The second-order valence-electron chi connectivity index (χ2n) is 2.85. The Morgan fingerprint density at radius 2 is 1.47 bits per heavy atom. The number of hydrogen-bond donors (Lipinski definition) is 2. The van der Waals surface area contributed by atoms with Crippen molar-refractivity contribution in [2.75, 3.05) is 26.4 Å². The Hall–Kier alpha value is -1.18. The summed E-state index contributed by atoms with van der Waals surface area (Å²) < 4.78 is 15.1. The van der Waals surface area contributed by atoms with Gasteiger partial charge in [0.1, 0.15) is 19.0 Å². The molecule has 2 unspecified atom stereocenters. The Morgan fingerprint density at radius 3 is 1.67 bits per heavy atom. The molecule has 2 aliphatic rings. The molecule has 0 aliphatic carbocycles. The lowest BCUT2D eigenvalue weighted by Crippen LogP contribution is -2.18. The summed E-state index contributed by atoms with van der Waals surface area (Å²) in [5, 5.41) is 0. The van der Waals surface area contributed by atoms with Gasteiger partial charge in [0.05, 0.1) is 26.4 Å². The van der Waals surface area contributed by atoms with Crippen LogP contribution < -0.4 is 11.5 Å². The fraction of sp³-hybridized carbons (Fsp3) is 0.750. The molecule has 2 fully saturated rings. The summed E-state index contributed by atoms with van der Waals surface area (Å²) in [6.07, 6.45) is 0.785. The maximum Gasteiger partial charge on any atom is 0.309 e. The molecule has 2 heterocycles. The summed E-state index contributed by atoms with van der Waals surface area (Å²) in [4.78, 5) is 17.0. The predicted molar refractivity (Wildman–Crippen MR) is 51.2 cm³/mol. The van der Waals surface area contributed by atoms with E-state index in [0.717, 1.165) is 26.4 Å². The van der Waals surface area contributed by atoms with E-state index in [1.165, 1.54) is 0 Å². The van der Waals surface area contributed by atoms with Crippen LogP contribution in [0.2, 0.25) is 0 Å². The van der Waals surface area contributed by atoms with Crippen LogP contribution in [0, 0.1) is 0 Å². The van der Waals surface area contributed by atoms with Crippen LogP contribution in [0.3, 0.4) is 0 Å². The number of amides is 2. The Balaban J connectivity index is 0.000000282. The lowest BCUT2D eigenvalue weighted by Gasteiger charge is -1.95. The van der Waals surface area contributed by atoms with Gasteiger partial charge in [-0.25, -0.2) is 4.79 Å². The molecule has 88 valence electrons. The number of epoxide rings is 2. The SMILES string of the molecule is C(OCC1CO1)C1CO1.C=O.NC(N)=O. The summed E-state index contributed by atoms with van der Waals surface area (Å²) in [6.45, 7) is 5.26. The zero-order chi connectivity index (χ0) is 11.7. The normalized spacial score (nSPS) is 25.1. The van der Waals surface area contributed by atoms with Gasteiger partial charge >= 0.3 is 6.03 Å². The van der Waals surface area contributed by atoms with E-state index in [-0.39, 0.29) is 0 Å². The first-order valence-electron chi connectivity index (χ1n) is 4.33. The second kappa shape index (κ2) is 8.16. The third kappa shape index (κ3) is 12.8. The molecule has 2 rings (SSSR count). The third-order valence-electron chi connectivity index (χ3n) is 1.41. The van der Waals surface area contributed by atoms with Crippen LogP contribution >= 0.6 is 0 Å². The van der Waals surface area contributed by atoms with Gasteiger partial charge in [-0.2, -0.15) is 0 Å². The lowest BCUT2D eigenvalue weighted by molar-refractivity contribution is -0.0979. The van der Waals surface area contributed by atoms with Gasteiger partial charge < -0.3 is 30.5 Å². The van der Waals surface area contributed by atoms with E-state index in [1.807, 2.05) is 6.79 Å². The van der Waals surface area contributed by atoms with E-state index in [2.05, 4.69) is 11.5 Å². The van der Waals surface area contributed by atoms with Gasteiger partial charge in [0.25, 0.3) is 0 Å². The number of hydrogen-bond acceptors (Lipinski definition) is 5. The summed E-state index contributed by atoms with van der Waals surface area (Å²) in [5.41, 5.74) is 8.50. The average molecular weight is 220 g/mol. The Morgan fingerprint density at radius 1 is 1.20 bits per heavy atom. The summed E-state index contributed by atoms with van der Waals surface area (Å²) in [7, 11) is 0. The second-order valence-corrected chi connectivity index (χ2v) is 2.85. The number of rotatable bonds is 4. The molecule has 0 bridgehead atoms. The monoisotopic (exact) mass is 220 g/mol. The van der Waals surface area contributed by atoms with Crippen molar-refractivity contribution in [3.63, 3.8) is 0 Å². The topological polar surface area (TPSA) is 120 Å². The standard InChI is InChI=1S/C6H10O3.CH4N2O.CH2O/c1(5-3-8-5)7-2-6-4-9-6;2-1(3)4;1-2/h5-6H,1-4H2;(H4,2,3,4);1H2. The zero-order valence-electron chi connectivity index (χ0n) is 8.39. The first-order chi connectivity index (χ1) is 7.18. The number of nitrogens with two attached hydrogens (primary N) is 2. The molecule has 0 aromatic carbocycles. The van der Waals surface area contributed by atoms with Gasteiger partial charge in [0, 0.05) is 0 Å². The van der Waals surface area contributed by atoms with Crippen molar-refractivity contribution >= 4 is 12.8 Å². The zero-order valence-corrected chi connectivity index (χ0v) is 8.39. The highest BCUT2D eigenvalue weighted by atomic mass is 16.6. The maximum absolute atomic E-state index is 9.00. The van der Waals surface area contributed by atoms with E-state index in [0.29, 0.717) is 12.2 Å². The van der Waals surface area contributed by atoms with E-state index in [9.17, 15) is 0 Å². The fourth-order valence-corrected chi connectivity index (χ4v) is 0.659. The molecule has 7 nitrogen and oxygen atoms in total. The summed E-state index contributed by atoms with van der Waals surface area (Å²) in [6, 6.07) is -0.833. The van der Waals surface area contributed by atoms with Crippen LogP contribution in [0.25, 0.3) is 0 Å². The van der Waals surface area contributed by atoms with Gasteiger partial charge in [-0.1, -0.05) is 0 Å². The van der Waals surface area contributed by atoms with Gasteiger partial charge in [-0.3, -0.25) is 0 Å². The van der Waals surface area contributed by atoms with Crippen molar-refractivity contribution < 1.29 is 23.8 Å². The number of urea groups is 1. The molecule has 0 spiro atoms. The Labute approximate surface area is 87.6 Å². The highest BCUT2D eigenvalue weighted by Crippen LogP contribution is 2.12. The molecule has 4 N–H and O–H groups in total. The predicted octanol–water partition coefficient (Wildman–Crippen LogP) is -1.36. The molecule has 0 saturated carbocycles. The molecule has 7 heteroatoms. The molecule has 15 heavy (non-hydrogen) atoms. The molecule has 2 aliphatic heterocycles. The van der Waals surface area contributed by atoms with Gasteiger partial charge in [-0.05, 0) is 0 Å². The first-order valence-corrected chi connectivity index (χ1v) is 4.33. The van der Waals surface area contributed by atoms with Crippen molar-refractivity contribution in [1.82, 2.24) is 0 Å². The molecular formula is C8H16N2O5. The van der Waals surface area contributed by atoms with Gasteiger partial charge in [-0.15, -0.1) is 0 Å². The quantitative estimate of drug-likeness (QED) is 0.567. The maximum atomic E-state index is 9.00. The smallest absolute Gasteiger partial charge is 0.309 e. The average Bonchev–Trinajstić information content (AvgIpc) is 3.01. The van der Waals surface area contributed by atoms with Crippen LogP contribution in [0.4, 0.5) is 4.79 Å². The van der Waals surface area contributed by atoms with Gasteiger partial charge in [0.2, 0.25) is 0 Å². The number of primary amides is 2. The molecule has 2 atom stereocenters. The van der Waals surface area contributed by atoms with Crippen LogP contribution in [0.1, 0.15) is 0 Å². The third-order valence-corrected chi connectivity index (χ3v) is 1.41. The van der Waals surface area contributed by atoms with Crippen molar-refractivity contribution in [2.24, 2.45) is 11.5 Å². The highest BCUT2D eigenvalue weighted by Gasteiger charge is 2.26.